The maximum absolute atomic E-state index is 8.57. The summed E-state index contributed by atoms with van der Waals surface area (Å²) in [5.74, 6) is 0.122. The highest BCUT2D eigenvalue weighted by Crippen LogP contribution is 2.14. The Bertz CT molecular complexity index is 363. The van der Waals surface area contributed by atoms with Gasteiger partial charge in [0, 0.05) is 31.5 Å². The third-order valence-corrected chi connectivity index (χ3v) is 2.58. The van der Waals surface area contributed by atoms with Gasteiger partial charge < -0.3 is 20.6 Å². The molecule has 1 aromatic carbocycles. The monoisotopic (exact) mass is 237 g/mol. The summed E-state index contributed by atoms with van der Waals surface area (Å²) < 4.78 is 5.06. The minimum absolute atomic E-state index is 0.122. The van der Waals surface area contributed by atoms with Crippen molar-refractivity contribution < 1.29 is 9.94 Å². The zero-order valence-corrected chi connectivity index (χ0v) is 10.3. The molecule has 0 saturated carbocycles. The molecule has 0 aliphatic heterocycles. The van der Waals surface area contributed by atoms with E-state index in [1.807, 2.05) is 24.3 Å². The number of benzene rings is 1. The molecule has 0 aromatic heterocycles. The standard InChI is InChI=1S/C12H19N3O2/c1-3-15(8-9-17-2)11-6-4-10(5-7-11)12(13)14-16/h4-7,16H,3,8-9H2,1-2H3,(H2,13,14). The van der Waals surface area contributed by atoms with Crippen LogP contribution in [0, 0.1) is 0 Å². The second kappa shape index (κ2) is 6.75. The van der Waals surface area contributed by atoms with Crippen molar-refractivity contribution in [2.24, 2.45) is 10.9 Å². The molecule has 0 spiro atoms. The van der Waals surface area contributed by atoms with Crippen molar-refractivity contribution in [3.63, 3.8) is 0 Å². The summed E-state index contributed by atoms with van der Waals surface area (Å²) in [4.78, 5) is 2.19. The molecular weight excluding hydrogens is 218 g/mol. The Morgan fingerprint density at radius 1 is 1.41 bits per heavy atom. The number of hydrogen-bond acceptors (Lipinski definition) is 4. The number of nitrogens with zero attached hydrogens (tertiary/aromatic N) is 2. The van der Waals surface area contributed by atoms with Gasteiger partial charge in [-0.05, 0) is 31.2 Å². The molecule has 0 fully saturated rings. The van der Waals surface area contributed by atoms with Crippen molar-refractivity contribution in [3.05, 3.63) is 29.8 Å². The zero-order valence-electron chi connectivity index (χ0n) is 10.3. The normalized spacial score (nSPS) is 11.5. The summed E-state index contributed by atoms with van der Waals surface area (Å²) in [6, 6.07) is 7.57. The van der Waals surface area contributed by atoms with Gasteiger partial charge in [-0.25, -0.2) is 0 Å². The van der Waals surface area contributed by atoms with Crippen LogP contribution in [0.4, 0.5) is 5.69 Å². The third kappa shape index (κ3) is 3.64. The number of methoxy groups -OCH3 is 1. The van der Waals surface area contributed by atoms with E-state index in [1.54, 1.807) is 7.11 Å². The highest BCUT2D eigenvalue weighted by atomic mass is 16.5. The van der Waals surface area contributed by atoms with Gasteiger partial charge in [-0.15, -0.1) is 0 Å². The van der Waals surface area contributed by atoms with Gasteiger partial charge in [0.2, 0.25) is 0 Å². The highest BCUT2D eigenvalue weighted by Gasteiger charge is 2.05. The Balaban J connectivity index is 2.77. The molecule has 0 radical (unpaired) electrons. The lowest BCUT2D eigenvalue weighted by Crippen LogP contribution is -2.26. The van der Waals surface area contributed by atoms with Crippen molar-refractivity contribution in [2.45, 2.75) is 6.92 Å². The van der Waals surface area contributed by atoms with Gasteiger partial charge in [0.1, 0.15) is 0 Å². The first-order valence-electron chi connectivity index (χ1n) is 5.54. The molecule has 0 atom stereocenters. The largest absolute Gasteiger partial charge is 0.409 e. The van der Waals surface area contributed by atoms with Crippen LogP contribution in [0.2, 0.25) is 0 Å². The Morgan fingerprint density at radius 2 is 2.06 bits per heavy atom. The van der Waals surface area contributed by atoms with Crippen LogP contribution in [0.1, 0.15) is 12.5 Å². The number of ether oxygens (including phenoxy) is 1. The van der Waals surface area contributed by atoms with E-state index < -0.39 is 0 Å². The SMILES string of the molecule is CCN(CCOC)c1ccc(C(N)=NO)cc1. The number of anilines is 1. The van der Waals surface area contributed by atoms with Gasteiger partial charge in [-0.1, -0.05) is 5.16 Å². The summed E-state index contributed by atoms with van der Waals surface area (Å²) >= 11 is 0. The minimum Gasteiger partial charge on any atom is -0.409 e. The topological polar surface area (TPSA) is 71.1 Å². The average Bonchev–Trinajstić information content (AvgIpc) is 2.39. The van der Waals surface area contributed by atoms with E-state index in [0.717, 1.165) is 18.8 Å². The summed E-state index contributed by atoms with van der Waals surface area (Å²) in [6.07, 6.45) is 0. The highest BCUT2D eigenvalue weighted by molar-refractivity contribution is 5.97. The molecule has 17 heavy (non-hydrogen) atoms. The van der Waals surface area contributed by atoms with Crippen molar-refractivity contribution in [1.29, 1.82) is 0 Å². The fraction of sp³-hybridized carbons (Fsp3) is 0.417. The van der Waals surface area contributed by atoms with Crippen LogP contribution in [-0.2, 0) is 4.74 Å². The molecule has 3 N–H and O–H groups in total. The van der Waals surface area contributed by atoms with E-state index in [9.17, 15) is 0 Å². The molecular formula is C12H19N3O2. The summed E-state index contributed by atoms with van der Waals surface area (Å²) in [5, 5.41) is 11.5. The number of hydrogen-bond donors (Lipinski definition) is 2. The molecule has 0 unspecified atom stereocenters. The van der Waals surface area contributed by atoms with E-state index in [1.165, 1.54) is 0 Å². The van der Waals surface area contributed by atoms with Crippen molar-refractivity contribution in [2.75, 3.05) is 31.7 Å². The molecule has 5 nitrogen and oxygen atoms in total. The summed E-state index contributed by atoms with van der Waals surface area (Å²) in [6.45, 7) is 4.53. The van der Waals surface area contributed by atoms with Gasteiger partial charge in [0.25, 0.3) is 0 Å². The molecule has 0 aliphatic rings. The van der Waals surface area contributed by atoms with Crippen molar-refractivity contribution >= 4 is 11.5 Å². The lowest BCUT2D eigenvalue weighted by atomic mass is 10.2. The summed E-state index contributed by atoms with van der Waals surface area (Å²) in [5.41, 5.74) is 7.30. The lowest BCUT2D eigenvalue weighted by Gasteiger charge is -2.22. The number of oxime groups is 1. The van der Waals surface area contributed by atoms with Crippen LogP contribution >= 0.6 is 0 Å². The predicted octanol–water partition coefficient (Wildman–Crippen LogP) is 1.25. The molecule has 0 heterocycles. The number of likely N-dealkylation sites (N-methyl/N-ethyl adjacent to an activating group) is 1. The lowest BCUT2D eigenvalue weighted by molar-refractivity contribution is 0.205. The number of amidine groups is 1. The van der Waals surface area contributed by atoms with Crippen LogP contribution in [0.3, 0.4) is 0 Å². The first kappa shape index (κ1) is 13.3. The molecule has 0 aliphatic carbocycles. The predicted molar refractivity (Wildman–Crippen MR) is 68.7 cm³/mol. The molecule has 0 bridgehead atoms. The van der Waals surface area contributed by atoms with E-state index >= 15 is 0 Å². The number of rotatable bonds is 6. The zero-order chi connectivity index (χ0) is 12.7. The fourth-order valence-electron chi connectivity index (χ4n) is 1.57. The number of nitrogens with two attached hydrogens (primary N) is 1. The fourth-order valence-corrected chi connectivity index (χ4v) is 1.57. The molecule has 1 rings (SSSR count). The van der Waals surface area contributed by atoms with Crippen LogP contribution in [0.5, 0.6) is 0 Å². The molecule has 94 valence electrons. The molecule has 0 saturated heterocycles. The first-order chi connectivity index (χ1) is 8.22. The minimum atomic E-state index is 0.122. The second-order valence-electron chi connectivity index (χ2n) is 3.60. The van der Waals surface area contributed by atoms with Gasteiger partial charge in [-0.3, -0.25) is 0 Å². The Hall–Kier alpha value is -1.75. The first-order valence-corrected chi connectivity index (χ1v) is 5.54. The summed E-state index contributed by atoms with van der Waals surface area (Å²) in [7, 11) is 1.69. The quantitative estimate of drug-likeness (QED) is 0.338. The Morgan fingerprint density at radius 3 is 2.53 bits per heavy atom. The Kier molecular flexibility index (Phi) is 5.29. The third-order valence-electron chi connectivity index (χ3n) is 2.58. The van der Waals surface area contributed by atoms with Gasteiger partial charge in [0.15, 0.2) is 5.84 Å². The van der Waals surface area contributed by atoms with E-state index in [0.29, 0.717) is 12.2 Å². The van der Waals surface area contributed by atoms with Gasteiger partial charge in [0.05, 0.1) is 6.61 Å². The van der Waals surface area contributed by atoms with Crippen molar-refractivity contribution in [3.8, 4) is 0 Å². The van der Waals surface area contributed by atoms with E-state index in [-0.39, 0.29) is 5.84 Å². The molecule has 5 heteroatoms. The van der Waals surface area contributed by atoms with E-state index in [2.05, 4.69) is 17.0 Å². The smallest absolute Gasteiger partial charge is 0.170 e. The maximum atomic E-state index is 8.57. The molecule has 1 aromatic rings. The Labute approximate surface area is 101 Å². The average molecular weight is 237 g/mol. The van der Waals surface area contributed by atoms with E-state index in [4.69, 9.17) is 15.7 Å². The maximum Gasteiger partial charge on any atom is 0.170 e. The van der Waals surface area contributed by atoms with Gasteiger partial charge in [-0.2, -0.15) is 0 Å². The van der Waals surface area contributed by atoms with Crippen LogP contribution in [-0.4, -0.2) is 37.8 Å². The van der Waals surface area contributed by atoms with Crippen LogP contribution in [0.25, 0.3) is 0 Å². The van der Waals surface area contributed by atoms with Crippen LogP contribution < -0.4 is 10.6 Å². The molecule has 0 amide bonds. The van der Waals surface area contributed by atoms with Gasteiger partial charge >= 0.3 is 0 Å². The second-order valence-corrected chi connectivity index (χ2v) is 3.60. The van der Waals surface area contributed by atoms with Crippen molar-refractivity contribution in [1.82, 2.24) is 0 Å². The van der Waals surface area contributed by atoms with Crippen LogP contribution in [0.15, 0.2) is 29.4 Å².